The highest BCUT2D eigenvalue weighted by Gasteiger charge is 2.46. The van der Waals surface area contributed by atoms with Crippen LogP contribution in [0.5, 0.6) is 11.5 Å². The van der Waals surface area contributed by atoms with Crippen molar-refractivity contribution in [1.29, 1.82) is 0 Å². The van der Waals surface area contributed by atoms with E-state index in [1.807, 2.05) is 13.1 Å². The molecule has 2 N–H and O–H groups in total. The van der Waals surface area contributed by atoms with Crippen LogP contribution < -0.4 is 20.1 Å². The molecule has 4 heterocycles. The predicted molar refractivity (Wildman–Crippen MR) is 143 cm³/mol. The molecule has 1 aromatic carbocycles. The van der Waals surface area contributed by atoms with E-state index >= 15 is 0 Å². The summed E-state index contributed by atoms with van der Waals surface area (Å²) in [5.74, 6) is 5.59. The van der Waals surface area contributed by atoms with Crippen LogP contribution in [0.2, 0.25) is 0 Å². The van der Waals surface area contributed by atoms with Crippen molar-refractivity contribution in [1.82, 2.24) is 30.3 Å². The number of nitrogens with one attached hydrogen (secondary N) is 2. The monoisotopic (exact) mass is 546 g/mol. The van der Waals surface area contributed by atoms with Gasteiger partial charge in [-0.3, -0.25) is 19.7 Å². The third kappa shape index (κ3) is 5.15. The molecule has 0 radical (unpaired) electrons. The van der Waals surface area contributed by atoms with Crippen molar-refractivity contribution in [2.75, 3.05) is 54.0 Å². The Balaban J connectivity index is 1.38. The average molecular weight is 547 g/mol. The third-order valence-corrected chi connectivity index (χ3v) is 7.38. The van der Waals surface area contributed by atoms with Crippen molar-refractivity contribution in [2.45, 2.75) is 18.5 Å². The lowest BCUT2D eigenvalue weighted by atomic mass is 9.95. The zero-order valence-electron chi connectivity index (χ0n) is 22.6. The second kappa shape index (κ2) is 10.9. The van der Waals surface area contributed by atoms with E-state index in [0.717, 1.165) is 18.7 Å². The maximum absolute atomic E-state index is 13.1. The molecule has 5 rings (SSSR count). The number of urea groups is 1. The first-order chi connectivity index (χ1) is 19.2. The summed E-state index contributed by atoms with van der Waals surface area (Å²) < 4.78 is 10.6. The Morgan fingerprint density at radius 1 is 1.07 bits per heavy atom. The second-order valence-electron chi connectivity index (χ2n) is 9.91. The molecule has 40 heavy (non-hydrogen) atoms. The van der Waals surface area contributed by atoms with Crippen molar-refractivity contribution >= 4 is 23.8 Å². The molecule has 12 heteroatoms. The van der Waals surface area contributed by atoms with Gasteiger partial charge in [0.1, 0.15) is 11.4 Å². The summed E-state index contributed by atoms with van der Waals surface area (Å²) in [5, 5.41) is 4.86. The van der Waals surface area contributed by atoms with Crippen LogP contribution in [0.15, 0.2) is 30.3 Å². The SMILES string of the molecule is COc1ccc2c(c1)C(=O)N(CCC1(C#Cc3nc(C(=O)N4CCN(C)CC4)ccc3OC)NC(=O)NC1=O)C2. The van der Waals surface area contributed by atoms with E-state index in [4.69, 9.17) is 9.47 Å². The number of hydrogen-bond acceptors (Lipinski definition) is 8. The van der Waals surface area contributed by atoms with E-state index in [1.165, 1.54) is 14.2 Å². The van der Waals surface area contributed by atoms with Gasteiger partial charge < -0.3 is 29.5 Å². The molecule has 5 amide bonds. The number of piperazine rings is 1. The first kappa shape index (κ1) is 27.0. The van der Waals surface area contributed by atoms with Crippen LogP contribution >= 0.6 is 0 Å². The van der Waals surface area contributed by atoms with E-state index < -0.39 is 17.5 Å². The maximum Gasteiger partial charge on any atom is 0.323 e. The molecule has 1 unspecified atom stereocenters. The van der Waals surface area contributed by atoms with Crippen LogP contribution in [0.1, 0.15) is 38.5 Å². The van der Waals surface area contributed by atoms with E-state index in [9.17, 15) is 19.2 Å². The fraction of sp³-hybridized carbons (Fsp3) is 0.393. The van der Waals surface area contributed by atoms with Gasteiger partial charge in [-0.1, -0.05) is 12.0 Å². The summed E-state index contributed by atoms with van der Waals surface area (Å²) in [7, 11) is 4.99. The molecule has 0 saturated carbocycles. The first-order valence-corrected chi connectivity index (χ1v) is 12.9. The van der Waals surface area contributed by atoms with Gasteiger partial charge in [0.2, 0.25) is 0 Å². The normalized spacial score (nSPS) is 20.4. The number of rotatable bonds is 6. The molecular weight excluding hydrogens is 516 g/mol. The van der Waals surface area contributed by atoms with Gasteiger partial charge in [0.15, 0.2) is 17.0 Å². The molecule has 3 aliphatic rings. The number of nitrogens with zero attached hydrogens (tertiary/aromatic N) is 4. The van der Waals surface area contributed by atoms with Crippen LogP contribution in [0.3, 0.4) is 0 Å². The summed E-state index contributed by atoms with van der Waals surface area (Å²) >= 11 is 0. The van der Waals surface area contributed by atoms with Gasteiger partial charge in [-0.25, -0.2) is 9.78 Å². The Morgan fingerprint density at radius 3 is 2.52 bits per heavy atom. The highest BCUT2D eigenvalue weighted by Crippen LogP contribution is 2.28. The zero-order chi connectivity index (χ0) is 28.4. The smallest absolute Gasteiger partial charge is 0.323 e. The van der Waals surface area contributed by atoms with Crippen LogP contribution in [-0.2, 0) is 11.3 Å². The van der Waals surface area contributed by atoms with E-state index in [1.54, 1.807) is 34.1 Å². The summed E-state index contributed by atoms with van der Waals surface area (Å²) in [6, 6.07) is 7.81. The third-order valence-electron chi connectivity index (χ3n) is 7.38. The number of carbonyl (C=O) groups is 4. The lowest BCUT2D eigenvalue weighted by molar-refractivity contribution is -0.122. The minimum absolute atomic E-state index is 0.0384. The van der Waals surface area contributed by atoms with Crippen molar-refractivity contribution in [3.05, 3.63) is 52.8 Å². The Hall–Kier alpha value is -4.63. The van der Waals surface area contributed by atoms with Gasteiger partial charge in [0.05, 0.1) is 14.2 Å². The number of aromatic nitrogens is 1. The molecular formula is C28H30N6O6. The molecule has 0 spiro atoms. The summed E-state index contributed by atoms with van der Waals surface area (Å²) in [4.78, 5) is 61.1. The number of fused-ring (bicyclic) bond motifs is 1. The number of pyridine rings is 1. The van der Waals surface area contributed by atoms with E-state index in [0.29, 0.717) is 36.7 Å². The average Bonchev–Trinajstić information content (AvgIpc) is 3.44. The van der Waals surface area contributed by atoms with Gasteiger partial charge in [-0.2, -0.15) is 0 Å². The molecule has 1 atom stereocenters. The molecule has 2 saturated heterocycles. The Bertz CT molecular complexity index is 1440. The van der Waals surface area contributed by atoms with Gasteiger partial charge in [0.25, 0.3) is 17.7 Å². The van der Waals surface area contributed by atoms with Gasteiger partial charge in [-0.05, 0) is 42.8 Å². The number of amides is 5. The first-order valence-electron chi connectivity index (χ1n) is 12.9. The standard InChI is InChI=1S/C28H30N6O6/c1-32-12-14-33(15-13-32)25(36)22-6-7-23(40-3)21(29-22)8-9-28(26(37)30-27(38)31-28)10-11-34-17-18-4-5-19(39-2)16-20(18)24(34)35/h4-7,16H,10-15,17H2,1-3H3,(H2,30,31,37,38). The van der Waals surface area contributed by atoms with Gasteiger partial charge in [0, 0.05) is 51.3 Å². The molecule has 3 aliphatic heterocycles. The zero-order valence-corrected chi connectivity index (χ0v) is 22.6. The Kier molecular flexibility index (Phi) is 7.32. The molecule has 2 fully saturated rings. The van der Waals surface area contributed by atoms with Gasteiger partial charge in [-0.15, -0.1) is 0 Å². The number of imide groups is 1. The van der Waals surface area contributed by atoms with E-state index in [2.05, 4.69) is 32.4 Å². The lowest BCUT2D eigenvalue weighted by Gasteiger charge is -2.32. The van der Waals surface area contributed by atoms with E-state index in [-0.39, 0.29) is 36.2 Å². The second-order valence-corrected chi connectivity index (χ2v) is 9.91. The number of hydrogen-bond donors (Lipinski definition) is 2. The Labute approximate surface area is 231 Å². The number of methoxy groups -OCH3 is 2. The van der Waals surface area contributed by atoms with Crippen molar-refractivity contribution in [2.24, 2.45) is 0 Å². The largest absolute Gasteiger partial charge is 0.497 e. The highest BCUT2D eigenvalue weighted by atomic mass is 16.5. The number of ether oxygens (including phenoxy) is 2. The lowest BCUT2D eigenvalue weighted by Crippen LogP contribution is -2.48. The quantitative estimate of drug-likeness (QED) is 0.395. The van der Waals surface area contributed by atoms with Crippen LogP contribution in [0.25, 0.3) is 0 Å². The molecule has 2 aromatic rings. The molecule has 0 bridgehead atoms. The molecule has 208 valence electrons. The summed E-state index contributed by atoms with van der Waals surface area (Å²) in [6.07, 6.45) is 0.0384. The van der Waals surface area contributed by atoms with Crippen molar-refractivity contribution < 1.29 is 28.7 Å². The number of benzene rings is 1. The Morgan fingerprint density at radius 2 is 1.85 bits per heavy atom. The molecule has 1 aromatic heterocycles. The fourth-order valence-electron chi connectivity index (χ4n) is 4.93. The van der Waals surface area contributed by atoms with Crippen LogP contribution in [0, 0.1) is 11.8 Å². The predicted octanol–water partition coefficient (Wildman–Crippen LogP) is 0.462. The fourth-order valence-corrected chi connectivity index (χ4v) is 4.93. The summed E-state index contributed by atoms with van der Waals surface area (Å²) in [6.45, 7) is 3.23. The minimum Gasteiger partial charge on any atom is -0.497 e. The van der Waals surface area contributed by atoms with Gasteiger partial charge >= 0.3 is 6.03 Å². The highest BCUT2D eigenvalue weighted by molar-refractivity contribution is 6.09. The van der Waals surface area contributed by atoms with Crippen molar-refractivity contribution in [3.63, 3.8) is 0 Å². The summed E-state index contributed by atoms with van der Waals surface area (Å²) in [5.41, 5.74) is 0.150. The number of likely N-dealkylation sites (N-methyl/N-ethyl adjacent to an activating group) is 1. The van der Waals surface area contributed by atoms with Crippen LogP contribution in [0.4, 0.5) is 4.79 Å². The van der Waals surface area contributed by atoms with Crippen LogP contribution in [-0.4, -0.2) is 103 Å². The molecule has 12 nitrogen and oxygen atoms in total. The number of carbonyl (C=O) groups excluding carboxylic acids is 4. The molecule has 0 aliphatic carbocycles. The minimum atomic E-state index is -1.60. The van der Waals surface area contributed by atoms with Crippen molar-refractivity contribution in [3.8, 4) is 23.3 Å². The maximum atomic E-state index is 13.1. The topological polar surface area (TPSA) is 133 Å².